The number of carbonyl (C=O) groups excluding carboxylic acids is 1. The molecule has 0 bridgehead atoms. The Balaban J connectivity index is 1.64. The van der Waals surface area contributed by atoms with Crippen LogP contribution in [0.2, 0.25) is 0 Å². The van der Waals surface area contributed by atoms with Gasteiger partial charge in [0.2, 0.25) is 5.91 Å². The van der Waals surface area contributed by atoms with Crippen LogP contribution in [0.4, 0.5) is 5.69 Å². The summed E-state index contributed by atoms with van der Waals surface area (Å²) in [7, 11) is 1.80. The summed E-state index contributed by atoms with van der Waals surface area (Å²) in [5, 5.41) is 0. The van der Waals surface area contributed by atoms with E-state index in [9.17, 15) is 4.79 Å². The molecule has 1 aliphatic heterocycles. The van der Waals surface area contributed by atoms with E-state index in [1.54, 1.807) is 11.9 Å². The molecule has 0 fully saturated rings. The van der Waals surface area contributed by atoms with E-state index in [0.717, 1.165) is 29.5 Å². The van der Waals surface area contributed by atoms with Gasteiger partial charge in [-0.25, -0.2) is 0 Å². The highest BCUT2D eigenvalue weighted by molar-refractivity contribution is 5.82. The number of hydrogen-bond donors (Lipinski definition) is 0. The summed E-state index contributed by atoms with van der Waals surface area (Å²) in [6, 6.07) is 11.6. The largest absolute Gasteiger partial charge is 0.490 e. The lowest BCUT2D eigenvalue weighted by Gasteiger charge is -2.31. The first kappa shape index (κ1) is 14.5. The van der Waals surface area contributed by atoms with E-state index in [1.165, 1.54) is 0 Å². The molecule has 0 radical (unpaired) electrons. The van der Waals surface area contributed by atoms with Gasteiger partial charge in [0.1, 0.15) is 23.9 Å². The van der Waals surface area contributed by atoms with Crippen LogP contribution in [0, 0.1) is 6.92 Å². The molecule has 116 valence electrons. The minimum atomic E-state index is 0.0609. The Hall–Kier alpha value is -2.43. The molecule has 1 amide bonds. The van der Waals surface area contributed by atoms with Crippen LogP contribution < -0.4 is 9.64 Å². The fourth-order valence-electron chi connectivity index (χ4n) is 2.57. The van der Waals surface area contributed by atoms with Gasteiger partial charge in [-0.05, 0) is 31.2 Å². The minimum absolute atomic E-state index is 0.0609. The topological polar surface area (TPSA) is 45.9 Å². The first-order chi connectivity index (χ1) is 10.6. The van der Waals surface area contributed by atoms with Crippen molar-refractivity contribution in [2.24, 2.45) is 0 Å². The summed E-state index contributed by atoms with van der Waals surface area (Å²) in [5.41, 5.74) is 0.976. The van der Waals surface area contributed by atoms with Crippen molar-refractivity contribution in [3.05, 3.63) is 47.9 Å². The molecule has 0 atom stereocenters. The Morgan fingerprint density at radius 3 is 2.86 bits per heavy atom. The Bertz CT molecular complexity index is 665. The van der Waals surface area contributed by atoms with Crippen molar-refractivity contribution >= 4 is 11.6 Å². The molecule has 3 rings (SSSR count). The highest BCUT2D eigenvalue weighted by atomic mass is 16.5. The number of benzene rings is 1. The second-order valence-electron chi connectivity index (χ2n) is 5.50. The van der Waals surface area contributed by atoms with Crippen molar-refractivity contribution in [1.29, 1.82) is 0 Å². The van der Waals surface area contributed by atoms with Crippen molar-refractivity contribution in [3.63, 3.8) is 0 Å². The highest BCUT2D eigenvalue weighted by Crippen LogP contribution is 2.30. The molecular weight excluding hydrogens is 280 g/mol. The second-order valence-corrected chi connectivity index (χ2v) is 5.50. The van der Waals surface area contributed by atoms with Gasteiger partial charge in [-0.3, -0.25) is 4.79 Å². The predicted octanol–water partition coefficient (Wildman–Crippen LogP) is 2.45. The number of nitrogens with zero attached hydrogens (tertiary/aromatic N) is 2. The summed E-state index contributed by atoms with van der Waals surface area (Å²) in [6.07, 6.45) is 0. The van der Waals surface area contributed by atoms with Gasteiger partial charge in [-0.15, -0.1) is 0 Å². The van der Waals surface area contributed by atoms with Crippen molar-refractivity contribution in [2.45, 2.75) is 13.5 Å². The minimum Gasteiger partial charge on any atom is -0.490 e. The SMILES string of the molecule is Cc1ccc(CN(C)C(=O)CN2CCOc3ccccc32)o1. The third kappa shape index (κ3) is 3.08. The van der Waals surface area contributed by atoms with Crippen molar-refractivity contribution in [3.8, 4) is 5.75 Å². The fraction of sp³-hybridized carbons (Fsp3) is 0.353. The molecule has 5 heteroatoms. The number of amides is 1. The standard InChI is InChI=1S/C17H20N2O3/c1-13-7-8-14(22-13)11-18(2)17(20)12-19-9-10-21-16-6-4-3-5-15(16)19/h3-8H,9-12H2,1-2H3. The van der Waals surface area contributed by atoms with Gasteiger partial charge < -0.3 is 19.0 Å². The third-order valence-electron chi connectivity index (χ3n) is 3.77. The van der Waals surface area contributed by atoms with E-state index in [0.29, 0.717) is 19.7 Å². The van der Waals surface area contributed by atoms with E-state index < -0.39 is 0 Å². The van der Waals surface area contributed by atoms with Gasteiger partial charge >= 0.3 is 0 Å². The summed E-state index contributed by atoms with van der Waals surface area (Å²) in [6.45, 7) is 4.05. The molecule has 2 aromatic rings. The smallest absolute Gasteiger partial charge is 0.242 e. The van der Waals surface area contributed by atoms with E-state index in [4.69, 9.17) is 9.15 Å². The number of carbonyl (C=O) groups is 1. The molecular formula is C17H20N2O3. The van der Waals surface area contributed by atoms with Crippen molar-refractivity contribution in [1.82, 2.24) is 4.90 Å². The molecule has 1 aliphatic rings. The lowest BCUT2D eigenvalue weighted by Crippen LogP contribution is -2.41. The zero-order valence-corrected chi connectivity index (χ0v) is 12.9. The van der Waals surface area contributed by atoms with E-state index in [1.807, 2.05) is 43.3 Å². The molecule has 1 aromatic carbocycles. The van der Waals surface area contributed by atoms with Gasteiger partial charge in [0, 0.05) is 7.05 Å². The average molecular weight is 300 g/mol. The number of aryl methyl sites for hydroxylation is 1. The first-order valence-electron chi connectivity index (χ1n) is 7.39. The predicted molar refractivity (Wildman–Crippen MR) is 84.1 cm³/mol. The summed E-state index contributed by atoms with van der Waals surface area (Å²) >= 11 is 0. The number of anilines is 1. The number of hydrogen-bond acceptors (Lipinski definition) is 4. The van der Waals surface area contributed by atoms with Gasteiger partial charge in [0.05, 0.1) is 25.3 Å². The second kappa shape index (κ2) is 6.13. The third-order valence-corrected chi connectivity index (χ3v) is 3.77. The van der Waals surface area contributed by atoms with Crippen LogP contribution in [0.25, 0.3) is 0 Å². The van der Waals surface area contributed by atoms with E-state index >= 15 is 0 Å². The normalized spacial score (nSPS) is 13.5. The van der Waals surface area contributed by atoms with Crippen LogP contribution in [-0.2, 0) is 11.3 Å². The van der Waals surface area contributed by atoms with Gasteiger partial charge in [0.25, 0.3) is 0 Å². The molecule has 0 spiro atoms. The van der Waals surface area contributed by atoms with Crippen molar-refractivity contribution < 1.29 is 13.9 Å². The van der Waals surface area contributed by atoms with E-state index in [2.05, 4.69) is 4.90 Å². The molecule has 5 nitrogen and oxygen atoms in total. The summed E-state index contributed by atoms with van der Waals surface area (Å²) in [4.78, 5) is 16.2. The number of ether oxygens (including phenoxy) is 1. The van der Waals surface area contributed by atoms with Crippen molar-refractivity contribution in [2.75, 3.05) is 31.6 Å². The molecule has 0 N–H and O–H groups in total. The molecule has 0 saturated heterocycles. The lowest BCUT2D eigenvalue weighted by molar-refractivity contribution is -0.129. The lowest BCUT2D eigenvalue weighted by atomic mass is 10.2. The number of fused-ring (bicyclic) bond motifs is 1. The quantitative estimate of drug-likeness (QED) is 0.870. The summed E-state index contributed by atoms with van der Waals surface area (Å²) in [5.74, 6) is 2.56. The Morgan fingerprint density at radius 2 is 2.09 bits per heavy atom. The maximum absolute atomic E-state index is 12.4. The number of para-hydroxylation sites is 2. The number of rotatable bonds is 4. The Morgan fingerprint density at radius 1 is 1.27 bits per heavy atom. The summed E-state index contributed by atoms with van der Waals surface area (Å²) < 4.78 is 11.1. The Labute approximate surface area is 130 Å². The monoisotopic (exact) mass is 300 g/mol. The number of likely N-dealkylation sites (N-methyl/N-ethyl adjacent to an activating group) is 1. The van der Waals surface area contributed by atoms with Crippen LogP contribution in [0.15, 0.2) is 40.8 Å². The zero-order chi connectivity index (χ0) is 15.5. The molecule has 1 aromatic heterocycles. The highest BCUT2D eigenvalue weighted by Gasteiger charge is 2.21. The Kier molecular flexibility index (Phi) is 4.04. The van der Waals surface area contributed by atoms with Crippen LogP contribution in [0.5, 0.6) is 5.75 Å². The van der Waals surface area contributed by atoms with Crippen LogP contribution in [-0.4, -0.2) is 37.6 Å². The van der Waals surface area contributed by atoms with E-state index in [-0.39, 0.29) is 5.91 Å². The van der Waals surface area contributed by atoms with Crippen LogP contribution >= 0.6 is 0 Å². The maximum atomic E-state index is 12.4. The van der Waals surface area contributed by atoms with Gasteiger partial charge in [-0.2, -0.15) is 0 Å². The van der Waals surface area contributed by atoms with Crippen LogP contribution in [0.3, 0.4) is 0 Å². The zero-order valence-electron chi connectivity index (χ0n) is 12.9. The van der Waals surface area contributed by atoms with Gasteiger partial charge in [-0.1, -0.05) is 12.1 Å². The first-order valence-corrected chi connectivity index (χ1v) is 7.39. The fourth-order valence-corrected chi connectivity index (χ4v) is 2.57. The number of furan rings is 1. The molecule has 22 heavy (non-hydrogen) atoms. The van der Waals surface area contributed by atoms with Gasteiger partial charge in [0.15, 0.2) is 0 Å². The molecule has 2 heterocycles. The van der Waals surface area contributed by atoms with Crippen LogP contribution in [0.1, 0.15) is 11.5 Å². The average Bonchev–Trinajstić information content (AvgIpc) is 2.92. The molecule has 0 saturated carbocycles. The molecule has 0 unspecified atom stereocenters. The maximum Gasteiger partial charge on any atom is 0.242 e. The molecule has 0 aliphatic carbocycles.